The molecule has 3 rings (SSSR count). The number of nitrogens with zero attached hydrogens (tertiary/aromatic N) is 2. The van der Waals surface area contributed by atoms with Crippen molar-refractivity contribution in [1.29, 1.82) is 0 Å². The van der Waals surface area contributed by atoms with E-state index in [0.29, 0.717) is 13.2 Å². The molecule has 0 bridgehead atoms. The van der Waals surface area contributed by atoms with Crippen LogP contribution in [0.1, 0.15) is 10.4 Å². The van der Waals surface area contributed by atoms with Gasteiger partial charge in [0, 0.05) is 38.3 Å². The summed E-state index contributed by atoms with van der Waals surface area (Å²) in [5, 5.41) is 4.47. The lowest BCUT2D eigenvalue weighted by Crippen LogP contribution is -2.16. The topological polar surface area (TPSA) is 46.6 Å². The molecule has 0 saturated heterocycles. The average Bonchev–Trinajstić information content (AvgIpc) is 2.96. The Balaban J connectivity index is 1.55. The fourth-order valence-corrected chi connectivity index (χ4v) is 2.92. The number of aromatic nitrogens is 1. The predicted octanol–water partition coefficient (Wildman–Crippen LogP) is 2.27. The van der Waals surface area contributed by atoms with Crippen molar-refractivity contribution in [3.63, 3.8) is 0 Å². The molecule has 0 fully saturated rings. The van der Waals surface area contributed by atoms with Crippen LogP contribution in [-0.2, 0) is 13.1 Å². The number of thiazole rings is 1. The summed E-state index contributed by atoms with van der Waals surface area (Å²) in [6.07, 6.45) is 1.93. The van der Waals surface area contributed by atoms with E-state index in [1.807, 2.05) is 37.3 Å². The van der Waals surface area contributed by atoms with Crippen LogP contribution in [0.2, 0.25) is 0 Å². The zero-order valence-corrected chi connectivity index (χ0v) is 13.1. The minimum absolute atomic E-state index is 0.623. The highest BCUT2D eigenvalue weighted by Gasteiger charge is 2.11. The van der Waals surface area contributed by atoms with Crippen molar-refractivity contribution in [2.75, 3.05) is 32.2 Å². The highest BCUT2D eigenvalue weighted by molar-refractivity contribution is 7.15. The number of rotatable bonds is 5. The third kappa shape index (κ3) is 3.46. The summed E-state index contributed by atoms with van der Waals surface area (Å²) in [6, 6.07) is 6.08. The second-order valence-electron chi connectivity index (χ2n) is 5.09. The maximum Gasteiger partial charge on any atom is 0.185 e. The van der Waals surface area contributed by atoms with Gasteiger partial charge in [-0.05, 0) is 17.7 Å². The zero-order chi connectivity index (χ0) is 14.7. The summed E-state index contributed by atoms with van der Waals surface area (Å²) in [6.45, 7) is 2.87. The number of fused-ring (bicyclic) bond motifs is 1. The highest BCUT2D eigenvalue weighted by atomic mass is 32.1. The molecule has 0 atom stereocenters. The van der Waals surface area contributed by atoms with Crippen molar-refractivity contribution < 1.29 is 9.47 Å². The highest BCUT2D eigenvalue weighted by Crippen LogP contribution is 2.30. The average molecular weight is 305 g/mol. The second kappa shape index (κ2) is 6.32. The minimum Gasteiger partial charge on any atom is -0.486 e. The molecule has 1 aliphatic heterocycles. The van der Waals surface area contributed by atoms with E-state index in [1.165, 1.54) is 10.4 Å². The lowest BCUT2D eigenvalue weighted by molar-refractivity contribution is 0.171. The Morgan fingerprint density at radius 3 is 2.76 bits per heavy atom. The summed E-state index contributed by atoms with van der Waals surface area (Å²) in [5.74, 6) is 1.68. The molecule has 5 nitrogen and oxygen atoms in total. The molecule has 2 heterocycles. The fourth-order valence-electron chi connectivity index (χ4n) is 2.11. The number of ether oxygens (including phenoxy) is 2. The Labute approximate surface area is 128 Å². The quantitative estimate of drug-likeness (QED) is 0.918. The van der Waals surface area contributed by atoms with E-state index in [4.69, 9.17) is 9.47 Å². The largest absolute Gasteiger partial charge is 0.486 e. The van der Waals surface area contributed by atoms with Gasteiger partial charge >= 0.3 is 0 Å². The maximum absolute atomic E-state index is 5.59. The Morgan fingerprint density at radius 2 is 2.00 bits per heavy atom. The molecule has 1 aromatic carbocycles. The zero-order valence-electron chi connectivity index (χ0n) is 12.3. The van der Waals surface area contributed by atoms with Crippen LogP contribution < -0.4 is 19.7 Å². The summed E-state index contributed by atoms with van der Waals surface area (Å²) >= 11 is 1.71. The van der Waals surface area contributed by atoms with Crippen molar-refractivity contribution in [2.45, 2.75) is 13.1 Å². The third-order valence-electron chi connectivity index (χ3n) is 3.16. The van der Waals surface area contributed by atoms with Crippen LogP contribution >= 0.6 is 11.3 Å². The van der Waals surface area contributed by atoms with Gasteiger partial charge in [-0.1, -0.05) is 6.07 Å². The van der Waals surface area contributed by atoms with Gasteiger partial charge in [-0.3, -0.25) is 0 Å². The first-order valence-electron chi connectivity index (χ1n) is 6.93. The Morgan fingerprint density at radius 1 is 1.19 bits per heavy atom. The first kappa shape index (κ1) is 14.2. The summed E-state index contributed by atoms with van der Waals surface area (Å²) in [7, 11) is 4.01. The Hall–Kier alpha value is -1.79. The number of hydrogen-bond acceptors (Lipinski definition) is 6. The van der Waals surface area contributed by atoms with Crippen LogP contribution in [0.5, 0.6) is 11.5 Å². The Bertz CT molecular complexity index is 613. The van der Waals surface area contributed by atoms with Crippen LogP contribution in [0.3, 0.4) is 0 Å². The van der Waals surface area contributed by atoms with Crippen molar-refractivity contribution in [3.8, 4) is 11.5 Å². The molecule has 6 heteroatoms. The lowest BCUT2D eigenvalue weighted by atomic mass is 10.2. The number of hydrogen-bond donors (Lipinski definition) is 1. The van der Waals surface area contributed by atoms with E-state index in [1.54, 1.807) is 11.3 Å². The second-order valence-corrected chi connectivity index (χ2v) is 6.18. The van der Waals surface area contributed by atoms with Gasteiger partial charge < -0.3 is 19.7 Å². The molecule has 0 spiro atoms. The number of anilines is 1. The van der Waals surface area contributed by atoms with Crippen molar-refractivity contribution in [1.82, 2.24) is 10.3 Å². The van der Waals surface area contributed by atoms with Crippen LogP contribution in [0.4, 0.5) is 5.13 Å². The SMILES string of the molecule is CN(C)c1ncc(CNCc2ccc3c(c2)OCCO3)s1. The van der Waals surface area contributed by atoms with E-state index >= 15 is 0 Å². The van der Waals surface area contributed by atoms with Gasteiger partial charge in [0.1, 0.15) is 13.2 Å². The van der Waals surface area contributed by atoms with E-state index in [2.05, 4.69) is 16.4 Å². The molecular weight excluding hydrogens is 286 g/mol. The van der Waals surface area contributed by atoms with E-state index in [-0.39, 0.29) is 0 Å². The number of nitrogens with one attached hydrogen (secondary N) is 1. The molecule has 0 radical (unpaired) electrons. The molecule has 1 N–H and O–H groups in total. The van der Waals surface area contributed by atoms with Crippen molar-refractivity contribution in [3.05, 3.63) is 34.8 Å². The molecule has 2 aromatic rings. The summed E-state index contributed by atoms with van der Waals surface area (Å²) in [5.41, 5.74) is 1.19. The minimum atomic E-state index is 0.623. The Kier molecular flexibility index (Phi) is 4.26. The van der Waals surface area contributed by atoms with Gasteiger partial charge in [0.25, 0.3) is 0 Å². The van der Waals surface area contributed by atoms with Gasteiger partial charge in [-0.2, -0.15) is 0 Å². The van der Waals surface area contributed by atoms with Gasteiger partial charge in [-0.25, -0.2) is 4.98 Å². The first-order valence-corrected chi connectivity index (χ1v) is 7.75. The van der Waals surface area contributed by atoms with Crippen molar-refractivity contribution in [2.24, 2.45) is 0 Å². The monoisotopic (exact) mass is 305 g/mol. The van der Waals surface area contributed by atoms with Crippen LogP contribution in [0.25, 0.3) is 0 Å². The molecule has 21 heavy (non-hydrogen) atoms. The van der Waals surface area contributed by atoms with Gasteiger partial charge in [0.2, 0.25) is 0 Å². The molecular formula is C15H19N3O2S. The van der Waals surface area contributed by atoms with Gasteiger partial charge in [0.15, 0.2) is 16.6 Å². The van der Waals surface area contributed by atoms with E-state index in [9.17, 15) is 0 Å². The van der Waals surface area contributed by atoms with Crippen LogP contribution in [0.15, 0.2) is 24.4 Å². The molecule has 0 amide bonds. The molecule has 112 valence electrons. The predicted molar refractivity (Wildman–Crippen MR) is 84.4 cm³/mol. The number of benzene rings is 1. The first-order chi connectivity index (χ1) is 10.2. The van der Waals surface area contributed by atoms with Crippen LogP contribution in [0, 0.1) is 0 Å². The normalized spacial score (nSPS) is 13.2. The molecule has 0 saturated carbocycles. The third-order valence-corrected chi connectivity index (χ3v) is 4.32. The smallest absolute Gasteiger partial charge is 0.185 e. The molecule has 1 aromatic heterocycles. The molecule has 0 unspecified atom stereocenters. The van der Waals surface area contributed by atoms with Crippen LogP contribution in [-0.4, -0.2) is 32.3 Å². The van der Waals surface area contributed by atoms with Gasteiger partial charge in [0.05, 0.1) is 0 Å². The van der Waals surface area contributed by atoms with Gasteiger partial charge in [-0.15, -0.1) is 11.3 Å². The van der Waals surface area contributed by atoms with Crippen molar-refractivity contribution >= 4 is 16.5 Å². The fraction of sp³-hybridized carbons (Fsp3) is 0.400. The van der Waals surface area contributed by atoms with E-state index < -0.39 is 0 Å². The summed E-state index contributed by atoms with van der Waals surface area (Å²) in [4.78, 5) is 7.62. The summed E-state index contributed by atoms with van der Waals surface area (Å²) < 4.78 is 11.1. The molecule has 0 aliphatic carbocycles. The maximum atomic E-state index is 5.59. The van der Waals surface area contributed by atoms with E-state index in [0.717, 1.165) is 29.7 Å². The molecule has 1 aliphatic rings. The lowest BCUT2D eigenvalue weighted by Gasteiger charge is -2.18. The standard InChI is InChI=1S/C15H19N3O2S/c1-18(2)15-17-10-12(21-15)9-16-8-11-3-4-13-14(7-11)20-6-5-19-13/h3-4,7,10,16H,5-6,8-9H2,1-2H3.